The summed E-state index contributed by atoms with van der Waals surface area (Å²) in [5.74, 6) is 1.17. The lowest BCUT2D eigenvalue weighted by atomic mass is 10.1. The van der Waals surface area contributed by atoms with E-state index in [0.29, 0.717) is 24.7 Å². The molecule has 0 amide bonds. The van der Waals surface area contributed by atoms with Gasteiger partial charge in [-0.15, -0.1) is 0 Å². The number of ether oxygens (including phenoxy) is 3. The second kappa shape index (κ2) is 6.01. The molecule has 1 aliphatic rings. The van der Waals surface area contributed by atoms with Crippen molar-refractivity contribution in [3.05, 3.63) is 47.2 Å². The number of carbonyl (C=O) groups excluding carboxylic acids is 1. The van der Waals surface area contributed by atoms with Crippen LogP contribution in [0.1, 0.15) is 5.56 Å². The third kappa shape index (κ3) is 3.25. The minimum Gasteiger partial charge on any atom is -0.486 e. The highest BCUT2D eigenvalue weighted by atomic mass is 35.5. The van der Waals surface area contributed by atoms with Crippen molar-refractivity contribution >= 4 is 17.6 Å². The average molecular weight is 306 g/mol. The van der Waals surface area contributed by atoms with E-state index < -0.39 is 5.97 Å². The molecule has 0 fully saturated rings. The van der Waals surface area contributed by atoms with E-state index in [-0.39, 0.29) is 17.3 Å². The van der Waals surface area contributed by atoms with Crippen LogP contribution in [0, 0.1) is 0 Å². The van der Waals surface area contributed by atoms with E-state index in [0.717, 1.165) is 5.56 Å². The first-order valence-corrected chi connectivity index (χ1v) is 6.80. The molecule has 0 atom stereocenters. The Bertz CT molecular complexity index is 674. The summed E-state index contributed by atoms with van der Waals surface area (Å²) < 4.78 is 16.1. The molecule has 21 heavy (non-hydrogen) atoms. The zero-order valence-electron chi connectivity index (χ0n) is 11.0. The highest BCUT2D eigenvalue weighted by Gasteiger charge is 2.14. The Balaban J connectivity index is 1.69. The van der Waals surface area contributed by atoms with Crippen molar-refractivity contribution in [2.45, 2.75) is 6.42 Å². The Morgan fingerprint density at radius 2 is 2.05 bits per heavy atom. The van der Waals surface area contributed by atoms with E-state index in [1.54, 1.807) is 30.3 Å². The van der Waals surface area contributed by atoms with Crippen LogP contribution in [0.3, 0.4) is 0 Å². The topological polar surface area (TPSA) is 57.7 Å². The van der Waals surface area contributed by atoms with Crippen molar-refractivity contribution in [3.8, 4) is 17.2 Å². The molecule has 1 aromatic heterocycles. The SMILES string of the molecule is O=C(Cc1ccc2c(c1)OCCO2)Oc1cccnc1Cl. The summed E-state index contributed by atoms with van der Waals surface area (Å²) in [6.45, 7) is 1.04. The van der Waals surface area contributed by atoms with Gasteiger partial charge in [-0.05, 0) is 29.8 Å². The van der Waals surface area contributed by atoms with Crippen LogP contribution >= 0.6 is 11.6 Å². The molecule has 0 unspecified atom stereocenters. The normalized spacial score (nSPS) is 12.8. The first-order chi connectivity index (χ1) is 10.2. The molecule has 0 N–H and O–H groups in total. The number of aromatic nitrogens is 1. The summed E-state index contributed by atoms with van der Waals surface area (Å²) in [6, 6.07) is 8.62. The molecule has 0 aliphatic carbocycles. The fourth-order valence-corrected chi connectivity index (χ4v) is 2.13. The summed E-state index contributed by atoms with van der Waals surface area (Å²) in [4.78, 5) is 15.8. The maximum absolute atomic E-state index is 11.9. The first-order valence-electron chi connectivity index (χ1n) is 6.42. The van der Waals surface area contributed by atoms with Crippen LogP contribution in [0.15, 0.2) is 36.5 Å². The highest BCUT2D eigenvalue weighted by Crippen LogP contribution is 2.31. The van der Waals surface area contributed by atoms with E-state index in [1.165, 1.54) is 6.20 Å². The molecule has 3 rings (SSSR count). The average Bonchev–Trinajstić information content (AvgIpc) is 2.49. The zero-order chi connectivity index (χ0) is 14.7. The lowest BCUT2D eigenvalue weighted by molar-refractivity contribution is -0.133. The molecular formula is C15H12ClNO4. The number of halogens is 1. The van der Waals surface area contributed by atoms with Gasteiger partial charge >= 0.3 is 5.97 Å². The Hall–Kier alpha value is -2.27. The van der Waals surface area contributed by atoms with Gasteiger partial charge in [0.1, 0.15) is 13.2 Å². The van der Waals surface area contributed by atoms with E-state index in [1.807, 2.05) is 0 Å². The van der Waals surface area contributed by atoms with Crippen molar-refractivity contribution in [3.63, 3.8) is 0 Å². The minimum atomic E-state index is -0.415. The quantitative estimate of drug-likeness (QED) is 0.644. The van der Waals surface area contributed by atoms with E-state index >= 15 is 0 Å². The molecule has 5 nitrogen and oxygen atoms in total. The molecule has 0 saturated heterocycles. The minimum absolute atomic E-state index is 0.113. The van der Waals surface area contributed by atoms with Crippen molar-refractivity contribution < 1.29 is 19.0 Å². The third-order valence-corrected chi connectivity index (χ3v) is 3.19. The molecule has 0 radical (unpaired) electrons. The summed E-state index contributed by atoms with van der Waals surface area (Å²) in [5.41, 5.74) is 0.782. The number of esters is 1. The smallest absolute Gasteiger partial charge is 0.315 e. The fraction of sp³-hybridized carbons (Fsp3) is 0.200. The molecule has 1 aromatic carbocycles. The standard InChI is InChI=1S/C15H12ClNO4/c16-15-12(2-1-5-17-15)21-14(18)9-10-3-4-11-13(8-10)20-7-6-19-11/h1-5,8H,6-7,9H2. The second-order valence-electron chi connectivity index (χ2n) is 4.42. The van der Waals surface area contributed by atoms with Crippen LogP contribution in [-0.4, -0.2) is 24.2 Å². The molecule has 0 bridgehead atoms. The van der Waals surface area contributed by atoms with Crippen LogP contribution < -0.4 is 14.2 Å². The van der Waals surface area contributed by atoms with Gasteiger partial charge in [0, 0.05) is 6.20 Å². The van der Waals surface area contributed by atoms with Gasteiger partial charge in [-0.25, -0.2) is 4.98 Å². The van der Waals surface area contributed by atoms with Crippen molar-refractivity contribution in [2.24, 2.45) is 0 Å². The number of pyridine rings is 1. The van der Waals surface area contributed by atoms with Crippen LogP contribution in [0.25, 0.3) is 0 Å². The zero-order valence-corrected chi connectivity index (χ0v) is 11.8. The second-order valence-corrected chi connectivity index (χ2v) is 4.78. The van der Waals surface area contributed by atoms with Crippen LogP contribution in [0.2, 0.25) is 5.15 Å². The van der Waals surface area contributed by atoms with Crippen LogP contribution in [0.4, 0.5) is 0 Å². The van der Waals surface area contributed by atoms with Crippen LogP contribution in [-0.2, 0) is 11.2 Å². The van der Waals surface area contributed by atoms with Gasteiger partial charge in [0.2, 0.25) is 0 Å². The Morgan fingerprint density at radius 1 is 1.24 bits per heavy atom. The lowest BCUT2D eigenvalue weighted by Crippen LogP contribution is -2.16. The van der Waals surface area contributed by atoms with E-state index in [4.69, 9.17) is 25.8 Å². The van der Waals surface area contributed by atoms with Gasteiger partial charge in [-0.3, -0.25) is 4.79 Å². The number of nitrogens with zero attached hydrogens (tertiary/aromatic N) is 1. The molecule has 0 saturated carbocycles. The number of hydrogen-bond donors (Lipinski definition) is 0. The first kappa shape index (κ1) is 13.7. The summed E-state index contributed by atoms with van der Waals surface area (Å²) in [6.07, 6.45) is 1.64. The summed E-state index contributed by atoms with van der Waals surface area (Å²) in [5, 5.41) is 0.160. The van der Waals surface area contributed by atoms with E-state index in [9.17, 15) is 4.79 Å². The molecule has 6 heteroatoms. The van der Waals surface area contributed by atoms with Gasteiger partial charge < -0.3 is 14.2 Å². The molecular weight excluding hydrogens is 294 g/mol. The maximum atomic E-state index is 11.9. The Kier molecular flexibility index (Phi) is 3.92. The number of hydrogen-bond acceptors (Lipinski definition) is 5. The van der Waals surface area contributed by atoms with Crippen molar-refractivity contribution in [1.29, 1.82) is 0 Å². The number of fused-ring (bicyclic) bond motifs is 1. The molecule has 1 aliphatic heterocycles. The summed E-state index contributed by atoms with van der Waals surface area (Å²) in [7, 11) is 0. The number of rotatable bonds is 3. The maximum Gasteiger partial charge on any atom is 0.315 e. The fourth-order valence-electron chi connectivity index (χ4n) is 1.97. The van der Waals surface area contributed by atoms with Gasteiger partial charge in [0.15, 0.2) is 22.4 Å². The molecule has 108 valence electrons. The number of carbonyl (C=O) groups is 1. The Labute approximate surface area is 126 Å². The van der Waals surface area contributed by atoms with E-state index in [2.05, 4.69) is 4.98 Å². The largest absolute Gasteiger partial charge is 0.486 e. The monoisotopic (exact) mass is 305 g/mol. The third-order valence-electron chi connectivity index (χ3n) is 2.90. The highest BCUT2D eigenvalue weighted by molar-refractivity contribution is 6.30. The molecule has 0 spiro atoms. The van der Waals surface area contributed by atoms with Crippen molar-refractivity contribution in [2.75, 3.05) is 13.2 Å². The Morgan fingerprint density at radius 3 is 2.86 bits per heavy atom. The van der Waals surface area contributed by atoms with Gasteiger partial charge in [-0.2, -0.15) is 0 Å². The van der Waals surface area contributed by atoms with Gasteiger partial charge in [0.05, 0.1) is 6.42 Å². The van der Waals surface area contributed by atoms with Crippen molar-refractivity contribution in [1.82, 2.24) is 4.98 Å². The van der Waals surface area contributed by atoms with Gasteiger partial charge in [0.25, 0.3) is 0 Å². The molecule has 2 heterocycles. The van der Waals surface area contributed by atoms with Gasteiger partial charge in [-0.1, -0.05) is 17.7 Å². The lowest BCUT2D eigenvalue weighted by Gasteiger charge is -2.18. The number of benzene rings is 1. The summed E-state index contributed by atoms with van der Waals surface area (Å²) >= 11 is 5.84. The molecule has 2 aromatic rings. The predicted octanol–water partition coefficient (Wildman–Crippen LogP) is 2.65. The predicted molar refractivity (Wildman–Crippen MR) is 76.0 cm³/mol. The van der Waals surface area contributed by atoms with Crippen LogP contribution in [0.5, 0.6) is 17.2 Å².